The van der Waals surface area contributed by atoms with Crippen LogP contribution in [0.4, 0.5) is 0 Å². The predicted octanol–water partition coefficient (Wildman–Crippen LogP) is 3.92. The second-order valence-corrected chi connectivity index (χ2v) is 8.08. The van der Waals surface area contributed by atoms with Gasteiger partial charge in [0.2, 0.25) is 0 Å². The Hall–Kier alpha value is -2.47. The molecule has 2 aliphatic rings. The van der Waals surface area contributed by atoms with Crippen LogP contribution in [-0.2, 0) is 7.05 Å². The summed E-state index contributed by atoms with van der Waals surface area (Å²) in [5, 5.41) is 12.7. The Bertz CT molecular complexity index is 942. The van der Waals surface area contributed by atoms with Gasteiger partial charge in [-0.05, 0) is 44.4 Å². The first kappa shape index (κ1) is 18.9. The summed E-state index contributed by atoms with van der Waals surface area (Å²) in [6.45, 7) is 2.00. The number of hydrogen-bond acceptors (Lipinski definition) is 4. The molecular formula is C21H24ClN5O. The Kier molecular flexibility index (Phi) is 5.31. The van der Waals surface area contributed by atoms with Crippen molar-refractivity contribution in [1.82, 2.24) is 14.9 Å². The molecule has 1 aliphatic heterocycles. The highest BCUT2D eigenvalue weighted by molar-refractivity contribution is 6.31. The smallest absolute Gasteiger partial charge is 0.251 e. The number of nitrogens with one attached hydrogen (secondary N) is 1. The van der Waals surface area contributed by atoms with Crippen LogP contribution in [-0.4, -0.2) is 32.9 Å². The first-order chi connectivity index (χ1) is 13.5. The van der Waals surface area contributed by atoms with Crippen molar-refractivity contribution in [3.63, 3.8) is 0 Å². The van der Waals surface area contributed by atoms with E-state index < -0.39 is 0 Å². The number of aromatic nitrogens is 2. The van der Waals surface area contributed by atoms with E-state index in [0.717, 1.165) is 54.9 Å². The molecule has 2 atom stereocenters. The summed E-state index contributed by atoms with van der Waals surface area (Å²) in [6.07, 6.45) is 6.63. The third kappa shape index (κ3) is 3.87. The number of carbonyl (C=O) groups is 1. The number of nitrogens with zero attached hydrogens (tertiary/aromatic N) is 4. The number of carbonyl (C=O) groups excluding carboxylic acids is 1. The number of amides is 1. The molecule has 1 aromatic carbocycles. The molecule has 4 rings (SSSR count). The number of hydrogen-bond donors (Lipinski definition) is 1. The average molecular weight is 398 g/mol. The Balaban J connectivity index is 1.38. The van der Waals surface area contributed by atoms with E-state index in [-0.39, 0.29) is 11.9 Å². The van der Waals surface area contributed by atoms with E-state index in [1.165, 1.54) is 0 Å². The standard InChI is InChI=1S/C21H24ClN5O/c1-13-20(27(2)12-23-13)19-11-18(25-26-19)14-5-4-8-17(10-14)24-21(28)15-6-3-7-16(22)9-15/h3,6-7,9,12,14,17H,4-5,8,10-11H2,1-2H3,(H,24,28)/t14-,17+/m1/s1. The number of benzene rings is 1. The molecule has 1 saturated carbocycles. The van der Waals surface area contributed by atoms with Crippen LogP contribution in [0.3, 0.4) is 0 Å². The molecule has 0 bridgehead atoms. The lowest BCUT2D eigenvalue weighted by Gasteiger charge is -2.29. The van der Waals surface area contributed by atoms with E-state index in [1.807, 2.05) is 24.9 Å². The van der Waals surface area contributed by atoms with E-state index >= 15 is 0 Å². The van der Waals surface area contributed by atoms with Gasteiger partial charge >= 0.3 is 0 Å². The van der Waals surface area contributed by atoms with Gasteiger partial charge in [-0.1, -0.05) is 24.1 Å². The van der Waals surface area contributed by atoms with Gasteiger partial charge in [-0.15, -0.1) is 0 Å². The second-order valence-electron chi connectivity index (χ2n) is 7.65. The van der Waals surface area contributed by atoms with Crippen LogP contribution in [0.25, 0.3) is 0 Å². The van der Waals surface area contributed by atoms with Crippen molar-refractivity contribution in [3.8, 4) is 0 Å². The zero-order valence-electron chi connectivity index (χ0n) is 16.2. The molecule has 1 N–H and O–H groups in total. The van der Waals surface area contributed by atoms with Gasteiger partial charge in [-0.25, -0.2) is 4.98 Å². The van der Waals surface area contributed by atoms with E-state index in [2.05, 4.69) is 20.5 Å². The number of imidazole rings is 1. The summed E-state index contributed by atoms with van der Waals surface area (Å²) in [6, 6.07) is 7.21. The van der Waals surface area contributed by atoms with Crippen LogP contribution in [0.2, 0.25) is 5.02 Å². The fourth-order valence-electron chi connectivity index (χ4n) is 4.21. The normalized spacial score (nSPS) is 22.0. The molecule has 0 spiro atoms. The highest BCUT2D eigenvalue weighted by Crippen LogP contribution is 2.30. The van der Waals surface area contributed by atoms with Crippen molar-refractivity contribution in [2.24, 2.45) is 23.2 Å². The zero-order chi connectivity index (χ0) is 19.7. The minimum Gasteiger partial charge on any atom is -0.349 e. The molecular weight excluding hydrogens is 374 g/mol. The zero-order valence-corrected chi connectivity index (χ0v) is 16.9. The lowest BCUT2D eigenvalue weighted by Crippen LogP contribution is -2.40. The van der Waals surface area contributed by atoms with E-state index in [9.17, 15) is 4.79 Å². The van der Waals surface area contributed by atoms with Crippen LogP contribution in [0, 0.1) is 12.8 Å². The molecule has 2 aromatic rings. The molecule has 1 amide bonds. The lowest BCUT2D eigenvalue weighted by molar-refractivity contribution is 0.0924. The maximum Gasteiger partial charge on any atom is 0.251 e. The molecule has 0 saturated heterocycles. The van der Waals surface area contributed by atoms with Crippen LogP contribution < -0.4 is 5.32 Å². The largest absolute Gasteiger partial charge is 0.349 e. The third-order valence-corrected chi connectivity index (χ3v) is 5.84. The van der Waals surface area contributed by atoms with Gasteiger partial charge < -0.3 is 9.88 Å². The maximum absolute atomic E-state index is 12.5. The van der Waals surface area contributed by atoms with Gasteiger partial charge in [0.05, 0.1) is 23.4 Å². The monoisotopic (exact) mass is 397 g/mol. The van der Waals surface area contributed by atoms with E-state index in [1.54, 1.807) is 24.3 Å². The quantitative estimate of drug-likeness (QED) is 0.849. The van der Waals surface area contributed by atoms with Crippen molar-refractivity contribution in [3.05, 3.63) is 52.6 Å². The van der Waals surface area contributed by atoms with Crippen LogP contribution in [0.1, 0.15) is 53.8 Å². The molecule has 1 fully saturated rings. The van der Waals surface area contributed by atoms with E-state index in [0.29, 0.717) is 16.5 Å². The average Bonchev–Trinajstić information content (AvgIpc) is 3.28. The molecule has 6 nitrogen and oxygen atoms in total. The molecule has 28 heavy (non-hydrogen) atoms. The fraction of sp³-hybridized carbons (Fsp3) is 0.429. The number of halogens is 1. The maximum atomic E-state index is 12.5. The topological polar surface area (TPSA) is 71.6 Å². The summed E-state index contributed by atoms with van der Waals surface area (Å²) in [4.78, 5) is 16.9. The second kappa shape index (κ2) is 7.87. The van der Waals surface area contributed by atoms with Crippen molar-refractivity contribution in [1.29, 1.82) is 0 Å². The van der Waals surface area contributed by atoms with Crippen molar-refractivity contribution < 1.29 is 4.79 Å². The molecule has 7 heteroatoms. The summed E-state index contributed by atoms with van der Waals surface area (Å²) in [5.41, 5.74) is 4.74. The molecule has 1 aromatic heterocycles. The van der Waals surface area contributed by atoms with Crippen LogP contribution in [0.15, 0.2) is 40.8 Å². The SMILES string of the molecule is Cc1ncn(C)c1C1=NN=C([C@@H]2CCC[C@H](NC(=O)c3cccc(Cl)c3)C2)C1. The third-order valence-electron chi connectivity index (χ3n) is 5.61. The Morgan fingerprint density at radius 1 is 1.29 bits per heavy atom. The molecule has 0 unspecified atom stereocenters. The van der Waals surface area contributed by atoms with Gasteiger partial charge in [-0.3, -0.25) is 4.79 Å². The summed E-state index contributed by atoms with van der Waals surface area (Å²) in [5.74, 6) is 0.289. The van der Waals surface area contributed by atoms with Gasteiger partial charge in [0, 0.05) is 41.7 Å². The first-order valence-electron chi connectivity index (χ1n) is 9.69. The Morgan fingerprint density at radius 3 is 2.89 bits per heavy atom. The van der Waals surface area contributed by atoms with Crippen molar-refractivity contribution in [2.45, 2.75) is 45.1 Å². The summed E-state index contributed by atoms with van der Waals surface area (Å²) < 4.78 is 2.00. The van der Waals surface area contributed by atoms with Crippen molar-refractivity contribution in [2.75, 3.05) is 0 Å². The minimum atomic E-state index is -0.0658. The summed E-state index contributed by atoms with van der Waals surface area (Å²) in [7, 11) is 1.98. The molecule has 2 heterocycles. The Morgan fingerprint density at radius 2 is 2.14 bits per heavy atom. The molecule has 1 aliphatic carbocycles. The van der Waals surface area contributed by atoms with Gasteiger partial charge in [-0.2, -0.15) is 10.2 Å². The highest BCUT2D eigenvalue weighted by Gasteiger charge is 2.30. The fourth-order valence-corrected chi connectivity index (χ4v) is 4.40. The van der Waals surface area contributed by atoms with Crippen LogP contribution >= 0.6 is 11.6 Å². The van der Waals surface area contributed by atoms with Crippen molar-refractivity contribution >= 4 is 28.9 Å². The predicted molar refractivity (Wildman–Crippen MR) is 111 cm³/mol. The first-order valence-corrected chi connectivity index (χ1v) is 10.1. The molecule has 0 radical (unpaired) electrons. The lowest BCUT2D eigenvalue weighted by atomic mass is 9.81. The van der Waals surface area contributed by atoms with Gasteiger partial charge in [0.1, 0.15) is 0 Å². The van der Waals surface area contributed by atoms with Gasteiger partial charge in [0.15, 0.2) is 0 Å². The van der Waals surface area contributed by atoms with E-state index in [4.69, 9.17) is 11.6 Å². The highest BCUT2D eigenvalue weighted by atomic mass is 35.5. The Labute approximate surface area is 169 Å². The van der Waals surface area contributed by atoms with Crippen LogP contribution in [0.5, 0.6) is 0 Å². The summed E-state index contributed by atoms with van der Waals surface area (Å²) >= 11 is 6.00. The minimum absolute atomic E-state index is 0.0658. The number of rotatable bonds is 4. The molecule has 146 valence electrons. The van der Waals surface area contributed by atoms with Gasteiger partial charge in [0.25, 0.3) is 5.91 Å². The number of aryl methyl sites for hydroxylation is 2.